The summed E-state index contributed by atoms with van der Waals surface area (Å²) in [6.45, 7) is 1.90. The van der Waals surface area contributed by atoms with E-state index in [2.05, 4.69) is 5.32 Å². The lowest BCUT2D eigenvalue weighted by molar-refractivity contribution is -0.145. The minimum absolute atomic E-state index is 0.156. The van der Waals surface area contributed by atoms with E-state index in [9.17, 15) is 14.7 Å². The molecule has 0 heterocycles. The lowest BCUT2D eigenvalue weighted by Gasteiger charge is -2.28. The fraction of sp³-hybridized carbons (Fsp3) is 0.364. The highest BCUT2D eigenvalue weighted by Gasteiger charge is 2.26. The summed E-state index contributed by atoms with van der Waals surface area (Å²) in [6.07, 6.45) is 1.43. The van der Waals surface area contributed by atoms with Gasteiger partial charge in [0.05, 0.1) is 12.6 Å². The first-order valence-electron chi connectivity index (χ1n) is 9.53. The molecule has 2 N–H and O–H groups in total. The molecule has 0 radical (unpaired) electrons. The minimum atomic E-state index is -1.21. The minimum Gasteiger partial charge on any atom is -0.482 e. The third kappa shape index (κ3) is 4.89. The largest absolute Gasteiger partial charge is 0.482 e. The van der Waals surface area contributed by atoms with E-state index in [0.29, 0.717) is 17.9 Å². The molecule has 2 atom stereocenters. The molecular weight excluding hydrogens is 358 g/mol. The third-order valence-corrected chi connectivity index (χ3v) is 4.77. The zero-order valence-electron chi connectivity index (χ0n) is 15.9. The Kier molecular flexibility index (Phi) is 6.66. The predicted octanol–water partition coefficient (Wildman–Crippen LogP) is 2.86. The first-order chi connectivity index (χ1) is 13.6. The number of hydrogen-bond donors (Lipinski definition) is 2. The normalized spacial score (nSPS) is 16.6. The van der Waals surface area contributed by atoms with Crippen molar-refractivity contribution >= 4 is 11.9 Å². The lowest BCUT2D eigenvalue weighted by Crippen LogP contribution is -2.34. The highest BCUT2D eigenvalue weighted by atomic mass is 16.6. The summed E-state index contributed by atoms with van der Waals surface area (Å²) in [7, 11) is 0. The van der Waals surface area contributed by atoms with Gasteiger partial charge in [-0.15, -0.1) is 0 Å². The van der Waals surface area contributed by atoms with Gasteiger partial charge in [0.1, 0.15) is 5.75 Å². The monoisotopic (exact) mass is 383 g/mol. The summed E-state index contributed by atoms with van der Waals surface area (Å²) in [5.74, 6) is -0.297. The number of carbonyl (C=O) groups excluding carboxylic acids is 2. The molecule has 0 aliphatic heterocycles. The lowest BCUT2D eigenvalue weighted by atomic mass is 9.87. The Labute approximate surface area is 164 Å². The molecule has 3 rings (SSSR count). The summed E-state index contributed by atoms with van der Waals surface area (Å²) >= 11 is 0. The first kappa shape index (κ1) is 19.9. The Bertz CT molecular complexity index is 821. The number of hydrogen-bond acceptors (Lipinski definition) is 5. The van der Waals surface area contributed by atoms with Crippen molar-refractivity contribution in [1.82, 2.24) is 5.32 Å². The second-order valence-corrected chi connectivity index (χ2v) is 6.72. The van der Waals surface area contributed by atoms with Crippen molar-refractivity contribution in [2.24, 2.45) is 0 Å². The van der Waals surface area contributed by atoms with Gasteiger partial charge in [-0.3, -0.25) is 4.79 Å². The van der Waals surface area contributed by atoms with Crippen LogP contribution in [0.3, 0.4) is 0 Å². The fourth-order valence-electron chi connectivity index (χ4n) is 3.40. The number of fused-ring (bicyclic) bond motifs is 1. The third-order valence-electron chi connectivity index (χ3n) is 4.77. The van der Waals surface area contributed by atoms with Crippen molar-refractivity contribution in [3.8, 4) is 5.75 Å². The van der Waals surface area contributed by atoms with E-state index in [4.69, 9.17) is 9.47 Å². The van der Waals surface area contributed by atoms with Crippen LogP contribution in [0.1, 0.15) is 48.6 Å². The Hall–Kier alpha value is -2.86. The molecular formula is C22H25NO5. The summed E-state index contributed by atoms with van der Waals surface area (Å²) in [5.41, 5.74) is 2.65. The Morgan fingerprint density at radius 1 is 1.21 bits per heavy atom. The van der Waals surface area contributed by atoms with Crippen molar-refractivity contribution in [3.05, 3.63) is 65.2 Å². The molecule has 6 heteroatoms. The number of nitrogens with one attached hydrogen (secondary N) is 1. The van der Waals surface area contributed by atoms with Gasteiger partial charge >= 0.3 is 5.97 Å². The summed E-state index contributed by atoms with van der Waals surface area (Å²) in [5, 5.41) is 13.3. The van der Waals surface area contributed by atoms with Crippen LogP contribution < -0.4 is 10.1 Å². The van der Waals surface area contributed by atoms with Gasteiger partial charge in [0.15, 0.2) is 12.7 Å². The van der Waals surface area contributed by atoms with Crippen LogP contribution in [-0.4, -0.2) is 30.2 Å². The molecule has 1 unspecified atom stereocenters. The van der Waals surface area contributed by atoms with Gasteiger partial charge in [-0.25, -0.2) is 4.79 Å². The number of aliphatic hydroxyl groups is 1. The molecule has 2 aromatic rings. The molecule has 0 saturated carbocycles. The number of rotatable bonds is 7. The first-order valence-corrected chi connectivity index (χ1v) is 9.53. The molecule has 0 saturated heterocycles. The van der Waals surface area contributed by atoms with Crippen LogP contribution in [0.15, 0.2) is 48.5 Å². The highest BCUT2D eigenvalue weighted by Crippen LogP contribution is 2.33. The van der Waals surface area contributed by atoms with Crippen LogP contribution in [0, 0.1) is 0 Å². The van der Waals surface area contributed by atoms with Crippen molar-refractivity contribution in [2.45, 2.75) is 38.3 Å². The van der Waals surface area contributed by atoms with Crippen LogP contribution in [0.25, 0.3) is 0 Å². The van der Waals surface area contributed by atoms with E-state index >= 15 is 0 Å². The zero-order chi connectivity index (χ0) is 19.9. The van der Waals surface area contributed by atoms with E-state index in [1.54, 1.807) is 31.2 Å². The molecule has 1 aliphatic rings. The average molecular weight is 383 g/mol. The summed E-state index contributed by atoms with van der Waals surface area (Å²) in [6, 6.07) is 14.3. The number of aliphatic hydroxyl groups excluding tert-OH is 1. The van der Waals surface area contributed by atoms with Crippen LogP contribution in [0.5, 0.6) is 5.75 Å². The Morgan fingerprint density at radius 2 is 2.00 bits per heavy atom. The molecule has 0 spiro atoms. The maximum absolute atomic E-state index is 12.5. The topological polar surface area (TPSA) is 84.9 Å². The second-order valence-electron chi connectivity index (χ2n) is 6.72. The van der Waals surface area contributed by atoms with Gasteiger partial charge in [0.25, 0.3) is 5.91 Å². The number of aryl methyl sites for hydroxylation is 1. The van der Waals surface area contributed by atoms with Gasteiger partial charge in [-0.05, 0) is 55.0 Å². The maximum Gasteiger partial charge on any atom is 0.344 e. The summed E-state index contributed by atoms with van der Waals surface area (Å²) < 4.78 is 10.4. The van der Waals surface area contributed by atoms with Crippen molar-refractivity contribution < 1.29 is 24.2 Å². The molecule has 0 aromatic heterocycles. The molecule has 6 nitrogen and oxygen atoms in total. The predicted molar refractivity (Wildman–Crippen MR) is 104 cm³/mol. The van der Waals surface area contributed by atoms with Gasteiger partial charge in [0.2, 0.25) is 0 Å². The van der Waals surface area contributed by atoms with E-state index in [1.807, 2.05) is 24.3 Å². The molecule has 2 aromatic carbocycles. The van der Waals surface area contributed by atoms with Crippen molar-refractivity contribution in [3.63, 3.8) is 0 Å². The van der Waals surface area contributed by atoms with Crippen molar-refractivity contribution in [1.29, 1.82) is 0 Å². The SMILES string of the molecule is CCOC(=O)COc1ccc2c(c1)C(NC(=O)[C@H](O)c1ccccc1)CCC2. The zero-order valence-corrected chi connectivity index (χ0v) is 15.9. The number of esters is 1. The molecule has 0 bridgehead atoms. The average Bonchev–Trinajstić information content (AvgIpc) is 2.72. The van der Waals surface area contributed by atoms with Gasteiger partial charge in [0, 0.05) is 0 Å². The number of benzene rings is 2. The van der Waals surface area contributed by atoms with Gasteiger partial charge < -0.3 is 19.9 Å². The van der Waals surface area contributed by atoms with E-state index in [0.717, 1.165) is 30.4 Å². The Balaban J connectivity index is 1.70. The molecule has 1 amide bonds. The van der Waals surface area contributed by atoms with E-state index < -0.39 is 18.0 Å². The fourth-order valence-corrected chi connectivity index (χ4v) is 3.40. The number of carbonyl (C=O) groups is 2. The Morgan fingerprint density at radius 3 is 2.75 bits per heavy atom. The smallest absolute Gasteiger partial charge is 0.344 e. The van der Waals surface area contributed by atoms with Crippen LogP contribution in [0.4, 0.5) is 0 Å². The molecule has 28 heavy (non-hydrogen) atoms. The second kappa shape index (κ2) is 9.37. The van der Waals surface area contributed by atoms with Gasteiger partial charge in [-0.2, -0.15) is 0 Å². The van der Waals surface area contributed by atoms with Crippen LogP contribution in [-0.2, 0) is 20.7 Å². The molecule has 0 fully saturated rings. The van der Waals surface area contributed by atoms with Crippen LogP contribution in [0.2, 0.25) is 0 Å². The van der Waals surface area contributed by atoms with E-state index in [1.165, 1.54) is 0 Å². The number of amides is 1. The number of ether oxygens (including phenoxy) is 2. The summed E-state index contributed by atoms with van der Waals surface area (Å²) in [4.78, 5) is 24.0. The maximum atomic E-state index is 12.5. The molecule has 148 valence electrons. The molecule has 1 aliphatic carbocycles. The standard InChI is InChI=1S/C22H25NO5/c1-2-27-20(24)14-28-17-12-11-15-9-6-10-19(18(15)13-17)23-22(26)21(25)16-7-4-3-5-8-16/h3-5,7-8,11-13,19,21,25H,2,6,9-10,14H2,1H3,(H,23,26)/t19?,21-/m1/s1. The quantitative estimate of drug-likeness (QED) is 0.718. The van der Waals surface area contributed by atoms with Crippen molar-refractivity contribution in [2.75, 3.05) is 13.2 Å². The van der Waals surface area contributed by atoms with Gasteiger partial charge in [-0.1, -0.05) is 36.4 Å². The van der Waals surface area contributed by atoms with E-state index in [-0.39, 0.29) is 12.6 Å². The van der Waals surface area contributed by atoms with Crippen LogP contribution >= 0.6 is 0 Å². The highest BCUT2D eigenvalue weighted by molar-refractivity contribution is 5.82.